The van der Waals surface area contributed by atoms with Gasteiger partial charge in [0.2, 0.25) is 0 Å². The van der Waals surface area contributed by atoms with Crippen molar-refractivity contribution in [3.05, 3.63) is 35.6 Å². The Hall–Kier alpha value is -0.890. The highest BCUT2D eigenvalue weighted by atomic mass is 19.1. The van der Waals surface area contributed by atoms with Crippen molar-refractivity contribution in [1.82, 2.24) is 5.32 Å². The first-order valence-corrected chi connectivity index (χ1v) is 8.42. The Bertz CT molecular complexity index is 437. The van der Waals surface area contributed by atoms with Crippen LogP contribution in [0.4, 0.5) is 4.39 Å². The second-order valence-electron chi connectivity index (χ2n) is 7.37. The summed E-state index contributed by atoms with van der Waals surface area (Å²) in [4.78, 5) is 0. The zero-order chi connectivity index (χ0) is 15.5. The van der Waals surface area contributed by atoms with E-state index in [1.807, 2.05) is 12.1 Å². The second-order valence-corrected chi connectivity index (χ2v) is 7.37. The van der Waals surface area contributed by atoms with Crippen molar-refractivity contribution in [2.75, 3.05) is 13.1 Å². The molecule has 0 heterocycles. The van der Waals surface area contributed by atoms with Crippen LogP contribution in [0.3, 0.4) is 0 Å². The van der Waals surface area contributed by atoms with Gasteiger partial charge in [0, 0.05) is 12.0 Å². The van der Waals surface area contributed by atoms with Crippen LogP contribution in [0.25, 0.3) is 0 Å². The van der Waals surface area contributed by atoms with E-state index in [0.29, 0.717) is 11.3 Å². The largest absolute Gasteiger partial charge is 0.316 e. The maximum absolute atomic E-state index is 13.2. The molecular weight excluding hydrogens is 261 g/mol. The molecule has 1 aliphatic carbocycles. The number of rotatable bonds is 7. The molecule has 21 heavy (non-hydrogen) atoms. The number of hydrogen-bond donors (Lipinski definition) is 1. The van der Waals surface area contributed by atoms with Crippen LogP contribution in [0.15, 0.2) is 24.3 Å². The van der Waals surface area contributed by atoms with Gasteiger partial charge in [-0.3, -0.25) is 0 Å². The molecule has 0 aromatic heterocycles. The Kier molecular flexibility index (Phi) is 5.08. The van der Waals surface area contributed by atoms with E-state index in [9.17, 15) is 4.39 Å². The zero-order valence-electron chi connectivity index (χ0n) is 14.0. The molecule has 1 saturated carbocycles. The van der Waals surface area contributed by atoms with Crippen LogP contribution in [0.1, 0.15) is 58.9 Å². The molecule has 0 bridgehead atoms. The maximum Gasteiger partial charge on any atom is 0.123 e. The van der Waals surface area contributed by atoms with Gasteiger partial charge < -0.3 is 5.32 Å². The molecule has 0 saturated heterocycles. The fourth-order valence-corrected chi connectivity index (χ4v) is 3.97. The first-order valence-electron chi connectivity index (χ1n) is 8.42. The molecule has 0 radical (unpaired) electrons. The second kappa shape index (κ2) is 6.48. The van der Waals surface area contributed by atoms with Crippen LogP contribution in [0, 0.1) is 17.2 Å². The Balaban J connectivity index is 2.14. The van der Waals surface area contributed by atoms with Gasteiger partial charge in [0.25, 0.3) is 0 Å². The third-order valence-corrected chi connectivity index (χ3v) is 5.40. The Morgan fingerprint density at radius 2 is 1.67 bits per heavy atom. The molecule has 1 aliphatic rings. The lowest BCUT2D eigenvalue weighted by molar-refractivity contribution is 0.0126. The Morgan fingerprint density at radius 1 is 1.10 bits per heavy atom. The molecule has 118 valence electrons. The summed E-state index contributed by atoms with van der Waals surface area (Å²) in [6.07, 6.45) is 4.95. The van der Waals surface area contributed by atoms with Gasteiger partial charge in [0.1, 0.15) is 5.82 Å². The van der Waals surface area contributed by atoms with Gasteiger partial charge in [0.05, 0.1) is 0 Å². The average molecular weight is 291 g/mol. The summed E-state index contributed by atoms with van der Waals surface area (Å²) < 4.78 is 13.2. The molecule has 2 heteroatoms. The van der Waals surface area contributed by atoms with Gasteiger partial charge in [-0.2, -0.15) is 0 Å². The van der Waals surface area contributed by atoms with E-state index in [1.54, 1.807) is 12.1 Å². The predicted octanol–water partition coefficient (Wildman–Crippen LogP) is 4.91. The van der Waals surface area contributed by atoms with Crippen molar-refractivity contribution in [3.8, 4) is 0 Å². The van der Waals surface area contributed by atoms with Crippen molar-refractivity contribution < 1.29 is 4.39 Å². The lowest BCUT2D eigenvalue weighted by Crippen LogP contribution is -2.54. The SMILES string of the molecule is CCC1(CC)CC(CNCC(C)C)(c2ccc(F)cc2)C1. The molecule has 0 amide bonds. The summed E-state index contributed by atoms with van der Waals surface area (Å²) in [5, 5.41) is 3.63. The summed E-state index contributed by atoms with van der Waals surface area (Å²) in [6, 6.07) is 7.19. The summed E-state index contributed by atoms with van der Waals surface area (Å²) in [6.45, 7) is 11.1. The first kappa shape index (κ1) is 16.5. The van der Waals surface area contributed by atoms with Gasteiger partial charge in [0.15, 0.2) is 0 Å². The zero-order valence-corrected chi connectivity index (χ0v) is 14.0. The molecular formula is C19H30FN. The third kappa shape index (κ3) is 3.48. The van der Waals surface area contributed by atoms with Crippen LogP contribution in [0.5, 0.6) is 0 Å². The summed E-state index contributed by atoms with van der Waals surface area (Å²) >= 11 is 0. The molecule has 1 N–H and O–H groups in total. The molecule has 1 aromatic rings. The topological polar surface area (TPSA) is 12.0 Å². The summed E-state index contributed by atoms with van der Waals surface area (Å²) in [5.41, 5.74) is 2.00. The molecule has 0 unspecified atom stereocenters. The molecule has 0 aliphatic heterocycles. The van der Waals surface area contributed by atoms with Crippen molar-refractivity contribution in [3.63, 3.8) is 0 Å². The van der Waals surface area contributed by atoms with Gasteiger partial charge >= 0.3 is 0 Å². The number of hydrogen-bond acceptors (Lipinski definition) is 1. The molecule has 1 nitrogen and oxygen atoms in total. The van der Waals surface area contributed by atoms with Crippen molar-refractivity contribution in [2.45, 2.75) is 58.8 Å². The lowest BCUT2D eigenvalue weighted by atomic mass is 9.48. The van der Waals surface area contributed by atoms with Crippen molar-refractivity contribution >= 4 is 0 Å². The summed E-state index contributed by atoms with van der Waals surface area (Å²) in [7, 11) is 0. The fraction of sp³-hybridized carbons (Fsp3) is 0.684. The quantitative estimate of drug-likeness (QED) is 0.752. The minimum absolute atomic E-state index is 0.138. The minimum Gasteiger partial charge on any atom is -0.316 e. The highest BCUT2D eigenvalue weighted by Crippen LogP contribution is 2.58. The van der Waals surface area contributed by atoms with E-state index in [2.05, 4.69) is 33.0 Å². The molecule has 0 spiro atoms. The predicted molar refractivity (Wildman–Crippen MR) is 88.0 cm³/mol. The van der Waals surface area contributed by atoms with E-state index >= 15 is 0 Å². The maximum atomic E-state index is 13.2. The van der Waals surface area contributed by atoms with Crippen LogP contribution >= 0.6 is 0 Å². The molecule has 2 rings (SSSR count). The average Bonchev–Trinajstić information content (AvgIpc) is 2.42. The number of nitrogens with one attached hydrogen (secondary N) is 1. The normalized spacial score (nSPS) is 19.5. The lowest BCUT2D eigenvalue weighted by Gasteiger charge is -2.57. The fourth-order valence-electron chi connectivity index (χ4n) is 3.97. The van der Waals surface area contributed by atoms with E-state index in [4.69, 9.17) is 0 Å². The minimum atomic E-state index is -0.138. The van der Waals surface area contributed by atoms with E-state index in [-0.39, 0.29) is 11.2 Å². The van der Waals surface area contributed by atoms with Crippen LogP contribution in [-0.4, -0.2) is 13.1 Å². The van der Waals surface area contributed by atoms with Gasteiger partial charge in [-0.1, -0.05) is 52.7 Å². The van der Waals surface area contributed by atoms with Crippen LogP contribution in [-0.2, 0) is 5.41 Å². The first-order chi connectivity index (χ1) is 9.95. The number of halogens is 1. The van der Waals surface area contributed by atoms with Crippen LogP contribution in [0.2, 0.25) is 0 Å². The van der Waals surface area contributed by atoms with Crippen LogP contribution < -0.4 is 5.32 Å². The summed E-state index contributed by atoms with van der Waals surface area (Å²) in [5.74, 6) is 0.526. The standard InChI is InChI=1S/C19H30FN/c1-5-18(6-2)12-19(13-18,14-21-11-15(3)4)16-7-9-17(20)10-8-16/h7-10,15,21H,5-6,11-14H2,1-4H3. The van der Waals surface area contributed by atoms with Gasteiger partial charge in [-0.15, -0.1) is 0 Å². The molecule has 1 fully saturated rings. The molecule has 1 aromatic carbocycles. The molecule has 0 atom stereocenters. The highest BCUT2D eigenvalue weighted by Gasteiger charge is 2.52. The van der Waals surface area contributed by atoms with Crippen molar-refractivity contribution in [1.29, 1.82) is 0 Å². The monoisotopic (exact) mass is 291 g/mol. The van der Waals surface area contributed by atoms with E-state index in [0.717, 1.165) is 13.1 Å². The van der Waals surface area contributed by atoms with E-state index in [1.165, 1.54) is 31.2 Å². The highest BCUT2D eigenvalue weighted by molar-refractivity contribution is 5.31. The number of benzene rings is 1. The van der Waals surface area contributed by atoms with E-state index < -0.39 is 0 Å². The van der Waals surface area contributed by atoms with Gasteiger partial charge in [-0.25, -0.2) is 4.39 Å². The smallest absolute Gasteiger partial charge is 0.123 e. The Morgan fingerprint density at radius 3 is 2.14 bits per heavy atom. The third-order valence-electron chi connectivity index (χ3n) is 5.40. The van der Waals surface area contributed by atoms with Crippen molar-refractivity contribution in [2.24, 2.45) is 11.3 Å². The Labute approximate surface area is 129 Å². The van der Waals surface area contributed by atoms with Gasteiger partial charge in [-0.05, 0) is 48.4 Å².